The average Bonchev–Trinajstić information content (AvgIpc) is 2.16. The number of nitrogen functional groups attached to an aromatic ring is 1. The van der Waals surface area contributed by atoms with Gasteiger partial charge in [0, 0.05) is 11.6 Å². The van der Waals surface area contributed by atoms with Crippen LogP contribution in [-0.4, -0.2) is 25.3 Å². The third kappa shape index (κ3) is 1.81. The molecule has 0 atom stereocenters. The summed E-state index contributed by atoms with van der Waals surface area (Å²) >= 11 is 0. The van der Waals surface area contributed by atoms with E-state index in [0.29, 0.717) is 17.1 Å². The third-order valence-corrected chi connectivity index (χ3v) is 2.15. The summed E-state index contributed by atoms with van der Waals surface area (Å²) < 4.78 is 10.1. The van der Waals surface area contributed by atoms with Gasteiger partial charge in [-0.25, -0.2) is 4.79 Å². The summed E-state index contributed by atoms with van der Waals surface area (Å²) in [7, 11) is 2.92. The van der Waals surface area contributed by atoms with Crippen LogP contribution < -0.4 is 15.2 Å². The second-order valence-electron chi connectivity index (χ2n) is 3.01. The molecule has 5 heteroatoms. The van der Waals surface area contributed by atoms with Gasteiger partial charge in [-0.15, -0.1) is 0 Å². The molecule has 0 aliphatic heterocycles. The molecular formula is C10H13NO4. The SMILES string of the molecule is COc1cc(N)c(C(=O)O)c(C)c1OC. The maximum Gasteiger partial charge on any atom is 0.338 e. The Balaban J connectivity index is 3.51. The first-order valence-electron chi connectivity index (χ1n) is 4.27. The fourth-order valence-corrected chi connectivity index (χ4v) is 1.48. The maximum absolute atomic E-state index is 10.9. The fourth-order valence-electron chi connectivity index (χ4n) is 1.48. The standard InChI is InChI=1S/C10H13NO4/c1-5-8(10(12)13)6(11)4-7(14-2)9(5)15-3/h4H,11H2,1-3H3,(H,12,13). The molecule has 0 aromatic heterocycles. The molecule has 0 bridgehead atoms. The number of anilines is 1. The van der Waals surface area contributed by atoms with Crippen molar-refractivity contribution in [1.82, 2.24) is 0 Å². The van der Waals surface area contributed by atoms with E-state index in [1.165, 1.54) is 20.3 Å². The molecule has 0 unspecified atom stereocenters. The zero-order chi connectivity index (χ0) is 11.6. The quantitative estimate of drug-likeness (QED) is 0.736. The average molecular weight is 211 g/mol. The molecule has 3 N–H and O–H groups in total. The number of nitrogens with two attached hydrogens (primary N) is 1. The largest absolute Gasteiger partial charge is 0.493 e. The Morgan fingerprint density at radius 1 is 1.40 bits per heavy atom. The van der Waals surface area contributed by atoms with Crippen LogP contribution in [0.5, 0.6) is 11.5 Å². The summed E-state index contributed by atoms with van der Waals surface area (Å²) in [5.74, 6) is -0.257. The number of hydrogen-bond acceptors (Lipinski definition) is 4. The second kappa shape index (κ2) is 4.08. The van der Waals surface area contributed by atoms with Crippen molar-refractivity contribution in [1.29, 1.82) is 0 Å². The van der Waals surface area contributed by atoms with Crippen molar-refractivity contribution in [2.45, 2.75) is 6.92 Å². The Kier molecular flexibility index (Phi) is 3.04. The molecular weight excluding hydrogens is 198 g/mol. The van der Waals surface area contributed by atoms with E-state index in [4.69, 9.17) is 20.3 Å². The van der Waals surface area contributed by atoms with E-state index in [1.807, 2.05) is 0 Å². The van der Waals surface area contributed by atoms with Gasteiger partial charge in [-0.1, -0.05) is 0 Å². The van der Waals surface area contributed by atoms with E-state index in [-0.39, 0.29) is 11.3 Å². The van der Waals surface area contributed by atoms with E-state index >= 15 is 0 Å². The lowest BCUT2D eigenvalue weighted by Crippen LogP contribution is -2.07. The monoisotopic (exact) mass is 211 g/mol. The topological polar surface area (TPSA) is 81.8 Å². The van der Waals surface area contributed by atoms with Crippen molar-refractivity contribution in [3.05, 3.63) is 17.2 Å². The highest BCUT2D eigenvalue weighted by Gasteiger charge is 2.19. The number of benzene rings is 1. The minimum atomic E-state index is -1.08. The van der Waals surface area contributed by atoms with Crippen LogP contribution >= 0.6 is 0 Å². The van der Waals surface area contributed by atoms with E-state index in [2.05, 4.69) is 0 Å². The Hall–Kier alpha value is -1.91. The van der Waals surface area contributed by atoms with Gasteiger partial charge in [0.05, 0.1) is 25.5 Å². The van der Waals surface area contributed by atoms with Gasteiger partial charge in [-0.3, -0.25) is 0 Å². The lowest BCUT2D eigenvalue weighted by molar-refractivity contribution is 0.0697. The van der Waals surface area contributed by atoms with Gasteiger partial charge in [0.15, 0.2) is 11.5 Å². The van der Waals surface area contributed by atoms with Crippen LogP contribution in [0.1, 0.15) is 15.9 Å². The molecule has 0 saturated heterocycles. The fraction of sp³-hybridized carbons (Fsp3) is 0.300. The molecule has 0 amide bonds. The third-order valence-electron chi connectivity index (χ3n) is 2.15. The van der Waals surface area contributed by atoms with Gasteiger partial charge in [0.25, 0.3) is 0 Å². The van der Waals surface area contributed by atoms with Crippen LogP contribution in [0.4, 0.5) is 5.69 Å². The number of ether oxygens (including phenoxy) is 2. The first-order valence-corrected chi connectivity index (χ1v) is 4.27. The number of methoxy groups -OCH3 is 2. The molecule has 82 valence electrons. The molecule has 0 saturated carbocycles. The lowest BCUT2D eigenvalue weighted by Gasteiger charge is -2.14. The van der Waals surface area contributed by atoms with E-state index in [9.17, 15) is 4.79 Å². The van der Waals surface area contributed by atoms with Crippen molar-refractivity contribution < 1.29 is 19.4 Å². The molecule has 0 aliphatic rings. The van der Waals surface area contributed by atoms with E-state index in [1.54, 1.807) is 6.92 Å². The van der Waals surface area contributed by atoms with Crippen molar-refractivity contribution in [3.8, 4) is 11.5 Å². The summed E-state index contributed by atoms with van der Waals surface area (Å²) in [5, 5.41) is 8.95. The second-order valence-corrected chi connectivity index (χ2v) is 3.01. The first-order chi connectivity index (χ1) is 7.02. The number of carboxylic acids is 1. The van der Waals surface area contributed by atoms with Crippen LogP contribution in [0.2, 0.25) is 0 Å². The molecule has 15 heavy (non-hydrogen) atoms. The zero-order valence-electron chi connectivity index (χ0n) is 8.83. The summed E-state index contributed by atoms with van der Waals surface area (Å²) in [6, 6.07) is 1.44. The molecule has 0 aliphatic carbocycles. The highest BCUT2D eigenvalue weighted by Crippen LogP contribution is 2.36. The Morgan fingerprint density at radius 2 is 2.00 bits per heavy atom. The highest BCUT2D eigenvalue weighted by atomic mass is 16.5. The predicted molar refractivity (Wildman–Crippen MR) is 55.7 cm³/mol. The first kappa shape index (κ1) is 11.2. The van der Waals surface area contributed by atoms with Gasteiger partial charge < -0.3 is 20.3 Å². The summed E-state index contributed by atoms with van der Waals surface area (Å²) in [6.45, 7) is 1.63. The highest BCUT2D eigenvalue weighted by molar-refractivity contribution is 5.96. The van der Waals surface area contributed by atoms with Gasteiger partial charge in [-0.2, -0.15) is 0 Å². The van der Waals surface area contributed by atoms with Crippen molar-refractivity contribution >= 4 is 11.7 Å². The number of carbonyl (C=O) groups is 1. The van der Waals surface area contributed by atoms with Crippen molar-refractivity contribution in [3.63, 3.8) is 0 Å². The lowest BCUT2D eigenvalue weighted by atomic mass is 10.0. The normalized spacial score (nSPS) is 9.80. The minimum absolute atomic E-state index is 0.0488. The van der Waals surface area contributed by atoms with Gasteiger partial charge >= 0.3 is 5.97 Å². The Labute approximate surface area is 87.4 Å². The molecule has 0 heterocycles. The van der Waals surface area contributed by atoms with Crippen LogP contribution in [0.15, 0.2) is 6.07 Å². The van der Waals surface area contributed by atoms with Crippen LogP contribution in [0.25, 0.3) is 0 Å². The Morgan fingerprint density at radius 3 is 2.40 bits per heavy atom. The molecule has 1 aromatic carbocycles. The summed E-state index contributed by atoms with van der Waals surface area (Å²) in [6.07, 6.45) is 0. The van der Waals surface area contributed by atoms with Crippen molar-refractivity contribution in [2.24, 2.45) is 0 Å². The number of hydrogen-bond donors (Lipinski definition) is 2. The number of rotatable bonds is 3. The molecule has 1 aromatic rings. The smallest absolute Gasteiger partial charge is 0.338 e. The molecule has 1 rings (SSSR count). The van der Waals surface area contributed by atoms with Gasteiger partial charge in [0.2, 0.25) is 0 Å². The molecule has 5 nitrogen and oxygen atoms in total. The zero-order valence-corrected chi connectivity index (χ0v) is 8.83. The molecule has 0 fully saturated rings. The minimum Gasteiger partial charge on any atom is -0.493 e. The molecule has 0 radical (unpaired) electrons. The van der Waals surface area contributed by atoms with E-state index < -0.39 is 5.97 Å². The summed E-state index contributed by atoms with van der Waals surface area (Å²) in [5.41, 5.74) is 6.28. The predicted octanol–water partition coefficient (Wildman–Crippen LogP) is 1.29. The van der Waals surface area contributed by atoms with Crippen molar-refractivity contribution in [2.75, 3.05) is 20.0 Å². The van der Waals surface area contributed by atoms with Crippen LogP contribution in [0, 0.1) is 6.92 Å². The van der Waals surface area contributed by atoms with Crippen LogP contribution in [0.3, 0.4) is 0 Å². The van der Waals surface area contributed by atoms with Gasteiger partial charge in [-0.05, 0) is 6.92 Å². The maximum atomic E-state index is 10.9. The molecule has 0 spiro atoms. The number of carboxylic acid groups (broad SMARTS) is 1. The summed E-state index contributed by atoms with van der Waals surface area (Å²) in [4.78, 5) is 10.9. The number of aromatic carboxylic acids is 1. The Bertz CT molecular complexity index is 401. The van der Waals surface area contributed by atoms with Crippen LogP contribution in [-0.2, 0) is 0 Å². The van der Waals surface area contributed by atoms with Gasteiger partial charge in [0.1, 0.15) is 0 Å². The van der Waals surface area contributed by atoms with E-state index in [0.717, 1.165) is 0 Å².